The lowest BCUT2D eigenvalue weighted by atomic mass is 9.97. The monoisotopic (exact) mass is 278 g/mol. The number of aromatic amines is 1. The van der Waals surface area contributed by atoms with Crippen LogP contribution >= 0.6 is 15.9 Å². The number of piperidine rings is 1. The molecule has 2 nitrogen and oxygen atoms in total. The van der Waals surface area contributed by atoms with Gasteiger partial charge in [0.1, 0.15) is 0 Å². The normalized spacial score (nSPS) is 21.4. The molecule has 1 aliphatic rings. The van der Waals surface area contributed by atoms with Gasteiger partial charge in [0.25, 0.3) is 0 Å². The van der Waals surface area contributed by atoms with E-state index >= 15 is 0 Å². The maximum atomic E-state index is 3.60. The molecule has 2 N–H and O–H groups in total. The van der Waals surface area contributed by atoms with E-state index in [1.54, 1.807) is 0 Å². The second-order valence-corrected chi connectivity index (χ2v) is 5.26. The number of fused-ring (bicyclic) bond motifs is 1. The average Bonchev–Trinajstić information content (AvgIpc) is 2.75. The van der Waals surface area contributed by atoms with E-state index in [0.29, 0.717) is 6.04 Å². The number of rotatable bonds is 1. The first-order valence-electron chi connectivity index (χ1n) is 5.85. The number of halogens is 1. The largest absolute Gasteiger partial charge is 0.360 e. The van der Waals surface area contributed by atoms with Gasteiger partial charge in [-0.15, -0.1) is 0 Å². The van der Waals surface area contributed by atoms with Gasteiger partial charge in [-0.25, -0.2) is 0 Å². The minimum absolute atomic E-state index is 0.525. The molecule has 2 aromatic rings. The van der Waals surface area contributed by atoms with Crippen molar-refractivity contribution in [3.05, 3.63) is 34.4 Å². The number of nitrogens with one attached hydrogen (secondary N) is 2. The van der Waals surface area contributed by atoms with Crippen LogP contribution < -0.4 is 5.32 Å². The highest BCUT2D eigenvalue weighted by molar-refractivity contribution is 9.10. The Morgan fingerprint density at radius 1 is 1.25 bits per heavy atom. The van der Waals surface area contributed by atoms with Crippen LogP contribution in [0.2, 0.25) is 0 Å². The van der Waals surface area contributed by atoms with Crippen molar-refractivity contribution in [1.82, 2.24) is 10.3 Å². The summed E-state index contributed by atoms with van der Waals surface area (Å²) in [5.74, 6) is 0. The standard InChI is InChI=1S/C13H15BrN2/c14-11-5-3-4-9-10(8-16-13(9)11)12-6-1-2-7-15-12/h3-5,8,12,15-16H,1-2,6-7H2. The molecule has 1 aliphatic heterocycles. The van der Waals surface area contributed by atoms with Crippen molar-refractivity contribution < 1.29 is 0 Å². The highest BCUT2D eigenvalue weighted by atomic mass is 79.9. The predicted molar refractivity (Wildman–Crippen MR) is 70.6 cm³/mol. The van der Waals surface area contributed by atoms with Gasteiger partial charge in [-0.05, 0) is 46.9 Å². The van der Waals surface area contributed by atoms with Crippen LogP contribution in [-0.2, 0) is 0 Å². The van der Waals surface area contributed by atoms with E-state index in [0.717, 1.165) is 11.0 Å². The zero-order valence-corrected chi connectivity index (χ0v) is 10.7. The Balaban J connectivity index is 2.06. The first kappa shape index (κ1) is 10.4. The molecule has 1 aromatic heterocycles. The third-order valence-electron chi connectivity index (χ3n) is 3.38. The van der Waals surface area contributed by atoms with Crippen LogP contribution in [0.4, 0.5) is 0 Å². The van der Waals surface area contributed by atoms with E-state index in [1.807, 2.05) is 0 Å². The molecule has 0 saturated carbocycles. The first-order chi connectivity index (χ1) is 7.86. The van der Waals surface area contributed by atoms with Gasteiger partial charge in [0.15, 0.2) is 0 Å². The number of para-hydroxylation sites is 1. The number of H-pyrrole nitrogens is 1. The van der Waals surface area contributed by atoms with Crippen LogP contribution in [0, 0.1) is 0 Å². The molecule has 1 unspecified atom stereocenters. The fraction of sp³-hybridized carbons (Fsp3) is 0.385. The van der Waals surface area contributed by atoms with Crippen molar-refractivity contribution in [3.63, 3.8) is 0 Å². The van der Waals surface area contributed by atoms with E-state index in [-0.39, 0.29) is 0 Å². The summed E-state index contributed by atoms with van der Waals surface area (Å²) in [6, 6.07) is 6.91. The maximum absolute atomic E-state index is 3.60. The Morgan fingerprint density at radius 2 is 2.19 bits per heavy atom. The molecule has 16 heavy (non-hydrogen) atoms. The first-order valence-corrected chi connectivity index (χ1v) is 6.64. The van der Waals surface area contributed by atoms with Gasteiger partial charge in [-0.1, -0.05) is 18.6 Å². The number of benzene rings is 1. The van der Waals surface area contributed by atoms with Gasteiger partial charge < -0.3 is 10.3 Å². The summed E-state index contributed by atoms with van der Waals surface area (Å²) < 4.78 is 1.15. The Kier molecular flexibility index (Phi) is 2.74. The van der Waals surface area contributed by atoms with E-state index in [4.69, 9.17) is 0 Å². The topological polar surface area (TPSA) is 27.8 Å². The molecule has 0 bridgehead atoms. The summed E-state index contributed by atoms with van der Waals surface area (Å²) in [5, 5.41) is 4.94. The second-order valence-electron chi connectivity index (χ2n) is 4.41. The number of aromatic nitrogens is 1. The molecule has 84 valence electrons. The van der Waals surface area contributed by atoms with Crippen LogP contribution in [-0.4, -0.2) is 11.5 Å². The molecule has 1 fully saturated rings. The number of hydrogen-bond donors (Lipinski definition) is 2. The summed E-state index contributed by atoms with van der Waals surface area (Å²) in [6.45, 7) is 1.14. The molecule has 0 aliphatic carbocycles. The van der Waals surface area contributed by atoms with Crippen molar-refractivity contribution in [2.75, 3.05) is 6.54 Å². The fourth-order valence-corrected chi connectivity index (χ4v) is 3.03. The van der Waals surface area contributed by atoms with Gasteiger partial charge in [0.2, 0.25) is 0 Å². The molecular weight excluding hydrogens is 264 g/mol. The second kappa shape index (κ2) is 4.22. The fourth-order valence-electron chi connectivity index (χ4n) is 2.54. The van der Waals surface area contributed by atoms with E-state index in [9.17, 15) is 0 Å². The maximum Gasteiger partial charge on any atom is 0.0601 e. The smallest absolute Gasteiger partial charge is 0.0601 e. The minimum Gasteiger partial charge on any atom is -0.360 e. The summed E-state index contributed by atoms with van der Waals surface area (Å²) >= 11 is 3.58. The highest BCUT2D eigenvalue weighted by Gasteiger charge is 2.18. The zero-order valence-electron chi connectivity index (χ0n) is 9.09. The summed E-state index contributed by atoms with van der Waals surface area (Å²) in [4.78, 5) is 3.37. The molecule has 3 rings (SSSR count). The molecule has 1 atom stereocenters. The molecule has 1 saturated heterocycles. The Labute approximate surface area is 104 Å². The lowest BCUT2D eigenvalue weighted by Crippen LogP contribution is -2.26. The van der Waals surface area contributed by atoms with E-state index in [1.165, 1.54) is 35.7 Å². The minimum atomic E-state index is 0.525. The molecule has 0 amide bonds. The third kappa shape index (κ3) is 1.68. The molecule has 3 heteroatoms. The molecule has 0 spiro atoms. The van der Waals surface area contributed by atoms with Crippen molar-refractivity contribution in [2.24, 2.45) is 0 Å². The third-order valence-corrected chi connectivity index (χ3v) is 4.04. The van der Waals surface area contributed by atoms with Crippen LogP contribution in [0.15, 0.2) is 28.9 Å². The van der Waals surface area contributed by atoms with Gasteiger partial charge in [-0.3, -0.25) is 0 Å². The lowest BCUT2D eigenvalue weighted by molar-refractivity contribution is 0.414. The van der Waals surface area contributed by atoms with E-state index < -0.39 is 0 Å². The SMILES string of the molecule is Brc1cccc2c(C3CCCCN3)c[nH]c12. The average molecular weight is 279 g/mol. The zero-order chi connectivity index (χ0) is 11.0. The summed E-state index contributed by atoms with van der Waals surface area (Å²) in [6.07, 6.45) is 6.04. The van der Waals surface area contributed by atoms with Crippen molar-refractivity contribution in [2.45, 2.75) is 25.3 Å². The van der Waals surface area contributed by atoms with Gasteiger partial charge in [-0.2, -0.15) is 0 Å². The Hall–Kier alpha value is -0.800. The Morgan fingerprint density at radius 3 is 3.00 bits per heavy atom. The van der Waals surface area contributed by atoms with E-state index in [2.05, 4.69) is 50.6 Å². The van der Waals surface area contributed by atoms with Gasteiger partial charge in [0, 0.05) is 22.1 Å². The van der Waals surface area contributed by atoms with Crippen LogP contribution in [0.25, 0.3) is 10.9 Å². The van der Waals surface area contributed by atoms with Crippen molar-refractivity contribution in [3.8, 4) is 0 Å². The molecule has 2 heterocycles. The van der Waals surface area contributed by atoms with Gasteiger partial charge in [0.05, 0.1) is 5.52 Å². The summed E-state index contributed by atoms with van der Waals surface area (Å²) in [5.41, 5.74) is 2.63. The molecular formula is C13H15BrN2. The quantitative estimate of drug-likeness (QED) is 0.817. The molecule has 0 radical (unpaired) electrons. The summed E-state index contributed by atoms with van der Waals surface area (Å²) in [7, 11) is 0. The Bertz CT molecular complexity index is 498. The van der Waals surface area contributed by atoms with Gasteiger partial charge >= 0.3 is 0 Å². The van der Waals surface area contributed by atoms with Crippen molar-refractivity contribution in [1.29, 1.82) is 0 Å². The lowest BCUT2D eigenvalue weighted by Gasteiger charge is -2.23. The van der Waals surface area contributed by atoms with Crippen LogP contribution in [0.3, 0.4) is 0 Å². The van der Waals surface area contributed by atoms with Crippen LogP contribution in [0.5, 0.6) is 0 Å². The van der Waals surface area contributed by atoms with Crippen molar-refractivity contribution >= 4 is 26.8 Å². The predicted octanol–water partition coefficient (Wildman–Crippen LogP) is 3.75. The molecule has 1 aromatic carbocycles. The highest BCUT2D eigenvalue weighted by Crippen LogP contribution is 2.32. The number of hydrogen-bond acceptors (Lipinski definition) is 1. The van der Waals surface area contributed by atoms with Crippen LogP contribution in [0.1, 0.15) is 30.9 Å².